The van der Waals surface area contributed by atoms with Crippen LogP contribution in [-0.2, 0) is 4.74 Å². The Labute approximate surface area is 224 Å². The van der Waals surface area contributed by atoms with E-state index in [1.165, 1.54) is 19.3 Å². The van der Waals surface area contributed by atoms with Gasteiger partial charge >= 0.3 is 0 Å². The van der Waals surface area contributed by atoms with Crippen molar-refractivity contribution in [2.24, 2.45) is 29.0 Å². The van der Waals surface area contributed by atoms with Crippen LogP contribution in [0.4, 0.5) is 0 Å². The number of para-hydroxylation sites is 1. The number of hydrogen-bond donors (Lipinski definition) is 4. The highest BCUT2D eigenvalue weighted by Crippen LogP contribution is 2.37. The molecule has 202 valence electrons. The summed E-state index contributed by atoms with van der Waals surface area (Å²) >= 11 is 0. The van der Waals surface area contributed by atoms with Crippen LogP contribution in [-0.4, -0.2) is 53.1 Å². The number of rotatable bonds is 5. The third-order valence-electron chi connectivity index (χ3n) is 8.16. The fraction of sp³-hybridized carbons (Fsp3) is 0.433. The van der Waals surface area contributed by atoms with E-state index in [1.807, 2.05) is 43.0 Å². The van der Waals surface area contributed by atoms with Gasteiger partial charge in [-0.05, 0) is 86.4 Å². The number of nitrogens with zero attached hydrogens (tertiary/aromatic N) is 2. The molecule has 2 heterocycles. The van der Waals surface area contributed by atoms with E-state index in [1.54, 1.807) is 24.3 Å². The Balaban J connectivity index is 1.35. The molecular formula is C30H39N5O3. The van der Waals surface area contributed by atoms with Crippen molar-refractivity contribution in [2.45, 2.75) is 45.3 Å². The smallest absolute Gasteiger partial charge is 0.253 e. The molecule has 4 unspecified atom stereocenters. The predicted octanol–water partition coefficient (Wildman–Crippen LogP) is 3.42. The minimum atomic E-state index is -0.233. The fourth-order valence-corrected chi connectivity index (χ4v) is 6.35. The molecule has 2 aliphatic heterocycles. The highest BCUT2D eigenvalue weighted by molar-refractivity contribution is 5.94. The minimum absolute atomic E-state index is 0.0897. The third-order valence-corrected chi connectivity index (χ3v) is 8.16. The Morgan fingerprint density at radius 2 is 1.71 bits per heavy atom. The highest BCUT2D eigenvalue weighted by atomic mass is 16.5. The Morgan fingerprint density at radius 3 is 2.37 bits per heavy atom. The van der Waals surface area contributed by atoms with Crippen LogP contribution in [0.5, 0.6) is 5.75 Å². The van der Waals surface area contributed by atoms with Crippen LogP contribution in [0.2, 0.25) is 0 Å². The van der Waals surface area contributed by atoms with Crippen molar-refractivity contribution in [3.05, 3.63) is 82.3 Å². The number of carbonyl (C=O) groups is 1. The molecule has 1 aliphatic carbocycles. The quantitative estimate of drug-likeness (QED) is 0.447. The summed E-state index contributed by atoms with van der Waals surface area (Å²) in [6.07, 6.45) is 5.15. The molecular weight excluding hydrogens is 478 g/mol. The molecule has 2 bridgehead atoms. The molecule has 8 nitrogen and oxygen atoms in total. The number of phenols is 1. The molecule has 3 aliphatic rings. The largest absolute Gasteiger partial charge is 0.507 e. The molecule has 38 heavy (non-hydrogen) atoms. The topological polar surface area (TPSA) is 131 Å². The summed E-state index contributed by atoms with van der Waals surface area (Å²) in [7, 11) is 0. The molecule has 8 heteroatoms. The van der Waals surface area contributed by atoms with E-state index in [4.69, 9.17) is 21.9 Å². The monoisotopic (exact) mass is 517 g/mol. The lowest BCUT2D eigenvalue weighted by Gasteiger charge is -2.39. The SMILES string of the molecule is Cc1cc(C(=O)N2CC3CCC(C3)C2)ccc1C1CN(C(/C=C(\N)c2ccccc2O)=C(N)N)CC(C)O1. The fourth-order valence-electron chi connectivity index (χ4n) is 6.35. The predicted molar refractivity (Wildman–Crippen MR) is 148 cm³/mol. The lowest BCUT2D eigenvalue weighted by atomic mass is 9.96. The van der Waals surface area contributed by atoms with Crippen LogP contribution in [0.25, 0.3) is 5.70 Å². The first kappa shape index (κ1) is 26.0. The molecule has 2 aromatic rings. The maximum atomic E-state index is 13.3. The Kier molecular flexibility index (Phi) is 7.25. The molecule has 0 spiro atoms. The molecule has 2 aromatic carbocycles. The van der Waals surface area contributed by atoms with Crippen molar-refractivity contribution in [1.82, 2.24) is 9.80 Å². The van der Waals surface area contributed by atoms with Gasteiger partial charge in [-0.15, -0.1) is 0 Å². The number of benzene rings is 2. The maximum Gasteiger partial charge on any atom is 0.253 e. The van der Waals surface area contributed by atoms with Crippen LogP contribution >= 0.6 is 0 Å². The number of phenolic OH excluding ortho intramolecular Hbond substituents is 1. The maximum absolute atomic E-state index is 13.3. The molecule has 5 rings (SSSR count). The zero-order valence-electron chi connectivity index (χ0n) is 22.3. The third kappa shape index (κ3) is 5.31. The van der Waals surface area contributed by atoms with Crippen molar-refractivity contribution >= 4 is 11.6 Å². The lowest BCUT2D eigenvalue weighted by Crippen LogP contribution is -2.43. The first-order valence-electron chi connectivity index (χ1n) is 13.5. The number of allylic oxidation sites excluding steroid dienone is 1. The minimum Gasteiger partial charge on any atom is -0.507 e. The van der Waals surface area contributed by atoms with Gasteiger partial charge < -0.3 is 36.8 Å². The number of piperidine rings is 1. The molecule has 3 fully saturated rings. The number of fused-ring (bicyclic) bond motifs is 2. The standard InChI is InChI=1S/C30H39N5O3/c1-18-11-22(30(37)35-15-20-7-8-21(12-20)16-35)9-10-23(18)28-17-34(14-19(2)38-28)26(29(32)33)13-25(31)24-5-3-4-6-27(24)36/h3-6,9-11,13,19-21,28,36H,7-8,12,14-17,31-33H2,1-2H3/b25-13-. The Morgan fingerprint density at radius 1 is 1.00 bits per heavy atom. The summed E-state index contributed by atoms with van der Waals surface area (Å²) in [5, 5.41) is 10.2. The number of nitrogens with two attached hydrogens (primary N) is 3. The van der Waals surface area contributed by atoms with E-state index >= 15 is 0 Å². The average molecular weight is 518 g/mol. The van der Waals surface area contributed by atoms with E-state index in [2.05, 4.69) is 4.90 Å². The number of amides is 1. The van der Waals surface area contributed by atoms with E-state index in [-0.39, 0.29) is 29.7 Å². The summed E-state index contributed by atoms with van der Waals surface area (Å²) in [6, 6.07) is 12.8. The van der Waals surface area contributed by atoms with Gasteiger partial charge in [0.25, 0.3) is 5.91 Å². The average Bonchev–Trinajstić information content (AvgIpc) is 3.23. The second-order valence-corrected chi connectivity index (χ2v) is 11.1. The van der Waals surface area contributed by atoms with Gasteiger partial charge in [0.15, 0.2) is 0 Å². The second-order valence-electron chi connectivity index (χ2n) is 11.1. The van der Waals surface area contributed by atoms with Gasteiger partial charge in [0.1, 0.15) is 17.7 Å². The normalized spacial score (nSPS) is 25.4. The summed E-state index contributed by atoms with van der Waals surface area (Å²) in [5.41, 5.74) is 22.8. The molecule has 7 N–H and O–H groups in total. The molecule has 1 saturated carbocycles. The van der Waals surface area contributed by atoms with Gasteiger partial charge in [0, 0.05) is 43.0 Å². The van der Waals surface area contributed by atoms with Crippen LogP contribution < -0.4 is 17.2 Å². The number of morpholine rings is 1. The number of carbonyl (C=O) groups excluding carboxylic acids is 1. The van der Waals surface area contributed by atoms with Gasteiger partial charge in [-0.2, -0.15) is 0 Å². The zero-order valence-corrected chi connectivity index (χ0v) is 22.3. The first-order valence-corrected chi connectivity index (χ1v) is 13.5. The van der Waals surface area contributed by atoms with Crippen molar-refractivity contribution in [3.63, 3.8) is 0 Å². The van der Waals surface area contributed by atoms with E-state index in [0.29, 0.717) is 41.9 Å². The summed E-state index contributed by atoms with van der Waals surface area (Å²) in [4.78, 5) is 17.4. The Bertz CT molecular complexity index is 1260. The summed E-state index contributed by atoms with van der Waals surface area (Å²) < 4.78 is 6.34. The Hall–Kier alpha value is -3.65. The molecule has 2 saturated heterocycles. The van der Waals surface area contributed by atoms with Crippen LogP contribution in [0.15, 0.2) is 60.1 Å². The van der Waals surface area contributed by atoms with Gasteiger partial charge in [-0.3, -0.25) is 4.79 Å². The molecule has 1 amide bonds. The summed E-state index contributed by atoms with van der Waals surface area (Å²) in [5.74, 6) is 1.68. The first-order chi connectivity index (χ1) is 18.2. The van der Waals surface area contributed by atoms with E-state index < -0.39 is 0 Å². The number of aromatic hydroxyl groups is 1. The number of hydrogen-bond acceptors (Lipinski definition) is 7. The van der Waals surface area contributed by atoms with Gasteiger partial charge in [0.05, 0.1) is 11.8 Å². The van der Waals surface area contributed by atoms with E-state index in [9.17, 15) is 9.90 Å². The van der Waals surface area contributed by atoms with Gasteiger partial charge in [0.2, 0.25) is 0 Å². The molecule has 0 aromatic heterocycles. The lowest BCUT2D eigenvalue weighted by molar-refractivity contribution is -0.0686. The number of likely N-dealkylation sites (tertiary alicyclic amines) is 1. The van der Waals surface area contributed by atoms with Crippen molar-refractivity contribution in [3.8, 4) is 5.75 Å². The number of ether oxygens (including phenoxy) is 1. The van der Waals surface area contributed by atoms with Gasteiger partial charge in [-0.25, -0.2) is 0 Å². The summed E-state index contributed by atoms with van der Waals surface area (Å²) in [6.45, 7) is 6.90. The zero-order chi connectivity index (χ0) is 27.0. The van der Waals surface area contributed by atoms with Crippen LogP contribution in [0, 0.1) is 18.8 Å². The van der Waals surface area contributed by atoms with Gasteiger partial charge in [-0.1, -0.05) is 18.2 Å². The van der Waals surface area contributed by atoms with Crippen LogP contribution in [0.3, 0.4) is 0 Å². The molecule has 0 radical (unpaired) electrons. The number of aryl methyl sites for hydroxylation is 1. The molecule has 4 atom stereocenters. The highest BCUT2D eigenvalue weighted by Gasteiger charge is 2.35. The van der Waals surface area contributed by atoms with Crippen molar-refractivity contribution in [2.75, 3.05) is 26.2 Å². The van der Waals surface area contributed by atoms with Crippen molar-refractivity contribution < 1.29 is 14.6 Å². The van der Waals surface area contributed by atoms with Crippen molar-refractivity contribution in [1.29, 1.82) is 0 Å². The van der Waals surface area contributed by atoms with Crippen LogP contribution in [0.1, 0.15) is 59.3 Å². The second kappa shape index (κ2) is 10.6. The van der Waals surface area contributed by atoms with E-state index in [0.717, 1.165) is 29.8 Å².